The second kappa shape index (κ2) is 5.01. The molecule has 39 valence electrons. The quantitative estimate of drug-likeness (QED) is 0.409. The maximum Gasteiger partial charge on any atom is 0.00404 e. The van der Waals surface area contributed by atoms with Crippen LogP contribution in [0.15, 0.2) is 0 Å². The van der Waals surface area contributed by atoms with Gasteiger partial charge in [-0.1, -0.05) is 4.99 Å². The molecule has 0 aromatic rings. The van der Waals surface area contributed by atoms with Crippen molar-refractivity contribution in [1.29, 1.82) is 0 Å². The van der Waals surface area contributed by atoms with Crippen molar-refractivity contribution in [3.63, 3.8) is 0 Å². The largest absolute Gasteiger partial charge is 0.398 e. The van der Waals surface area contributed by atoms with E-state index >= 15 is 0 Å². The van der Waals surface area contributed by atoms with Crippen LogP contribution in [-0.4, -0.2) is 24.0 Å². The summed E-state index contributed by atoms with van der Waals surface area (Å²) in [4.78, 5) is 2.46. The third-order valence-electron chi connectivity index (χ3n) is 0.499. The first kappa shape index (κ1) is 10.8. The van der Waals surface area contributed by atoms with Gasteiger partial charge in [-0.05, 0) is 0 Å². The molecule has 0 spiro atoms. The fraction of sp³-hybridized carbons (Fsp3) is 0.500. The van der Waals surface area contributed by atoms with Crippen LogP contribution in [0.5, 0.6) is 0 Å². The first-order chi connectivity index (χ1) is 2.64. The maximum atomic E-state index is 4.63. The average molecular weight is 191 g/mol. The summed E-state index contributed by atoms with van der Waals surface area (Å²) in [6.07, 6.45) is 0. The van der Waals surface area contributed by atoms with Gasteiger partial charge in [0.2, 0.25) is 0 Å². The SMILES string of the molecule is [CH2-]C(=S)N(C)C.[Y]. The second-order valence-electron chi connectivity index (χ2n) is 1.29. The summed E-state index contributed by atoms with van der Waals surface area (Å²) in [5.41, 5.74) is 0. The topological polar surface area (TPSA) is 3.24 Å². The fourth-order valence-electron chi connectivity index (χ4n) is 0. The minimum absolute atomic E-state index is 0. The molecule has 1 nitrogen and oxygen atoms in total. The van der Waals surface area contributed by atoms with Gasteiger partial charge in [-0.3, -0.25) is 0 Å². The van der Waals surface area contributed by atoms with Crippen LogP contribution in [0.1, 0.15) is 0 Å². The predicted octanol–water partition coefficient (Wildman–Crippen LogP) is 0.707. The molecule has 0 atom stereocenters. The predicted molar refractivity (Wildman–Crippen MR) is 31.6 cm³/mol. The van der Waals surface area contributed by atoms with Crippen molar-refractivity contribution in [2.24, 2.45) is 0 Å². The Morgan fingerprint density at radius 1 is 1.57 bits per heavy atom. The summed E-state index contributed by atoms with van der Waals surface area (Å²) >= 11 is 4.63. The van der Waals surface area contributed by atoms with Gasteiger partial charge in [0.05, 0.1) is 0 Å². The molecule has 0 saturated carbocycles. The molecular formula is C4H8NSY-. The van der Waals surface area contributed by atoms with Gasteiger partial charge in [-0.2, -0.15) is 0 Å². The Kier molecular flexibility index (Phi) is 7.71. The number of rotatable bonds is 0. The summed E-state index contributed by atoms with van der Waals surface area (Å²) in [7, 11) is 3.74. The molecule has 0 aliphatic carbocycles. The van der Waals surface area contributed by atoms with Gasteiger partial charge >= 0.3 is 0 Å². The van der Waals surface area contributed by atoms with Crippen LogP contribution in [0.2, 0.25) is 0 Å². The molecule has 0 aromatic heterocycles. The van der Waals surface area contributed by atoms with Gasteiger partial charge in [0.15, 0.2) is 0 Å². The molecule has 0 amide bonds. The summed E-state index contributed by atoms with van der Waals surface area (Å²) in [5.74, 6) is 0. The van der Waals surface area contributed by atoms with Crippen LogP contribution in [0, 0.1) is 6.92 Å². The first-order valence-corrected chi connectivity index (χ1v) is 2.08. The molecule has 0 saturated heterocycles. The summed E-state index contributed by atoms with van der Waals surface area (Å²) < 4.78 is 0. The van der Waals surface area contributed by atoms with Gasteiger partial charge in [0.1, 0.15) is 0 Å². The summed E-state index contributed by atoms with van der Waals surface area (Å²) in [5, 5.41) is 0. The zero-order chi connectivity index (χ0) is 5.15. The minimum atomic E-state index is 0. The van der Waals surface area contributed by atoms with Crippen molar-refractivity contribution >= 4 is 17.2 Å². The van der Waals surface area contributed by atoms with Crippen LogP contribution < -0.4 is 0 Å². The van der Waals surface area contributed by atoms with E-state index in [9.17, 15) is 0 Å². The molecule has 0 aromatic carbocycles. The van der Waals surface area contributed by atoms with E-state index in [4.69, 9.17) is 0 Å². The van der Waals surface area contributed by atoms with Crippen molar-refractivity contribution < 1.29 is 32.7 Å². The molecule has 0 aliphatic rings. The van der Waals surface area contributed by atoms with Crippen molar-refractivity contribution in [2.75, 3.05) is 14.1 Å². The van der Waals surface area contributed by atoms with E-state index in [0.717, 1.165) is 0 Å². The molecule has 0 fully saturated rings. The Hall–Kier alpha value is 0.864. The van der Waals surface area contributed by atoms with E-state index in [1.807, 2.05) is 14.1 Å². The van der Waals surface area contributed by atoms with Crippen LogP contribution in [0.4, 0.5) is 0 Å². The van der Waals surface area contributed by atoms with Gasteiger partial charge in [-0.25, -0.2) is 0 Å². The molecule has 0 aliphatic heterocycles. The van der Waals surface area contributed by atoms with E-state index < -0.39 is 0 Å². The normalized spacial score (nSPS) is 6.57. The Balaban J connectivity index is 0. The third kappa shape index (κ3) is 6.86. The van der Waals surface area contributed by atoms with Crippen molar-refractivity contribution in [1.82, 2.24) is 4.90 Å². The van der Waals surface area contributed by atoms with E-state index in [-0.39, 0.29) is 32.7 Å². The minimum Gasteiger partial charge on any atom is -0.398 e. The van der Waals surface area contributed by atoms with Gasteiger partial charge < -0.3 is 11.8 Å². The first-order valence-electron chi connectivity index (χ1n) is 1.68. The molecule has 1 radical (unpaired) electrons. The number of hydrogen-bond donors (Lipinski definition) is 0. The summed E-state index contributed by atoms with van der Waals surface area (Å²) in [6.45, 7) is 3.50. The Bertz CT molecular complexity index is 62.7. The fourth-order valence-corrected chi connectivity index (χ4v) is 0. The van der Waals surface area contributed by atoms with Gasteiger partial charge in [0, 0.05) is 46.8 Å². The van der Waals surface area contributed by atoms with E-state index in [1.54, 1.807) is 4.90 Å². The molecule has 3 heteroatoms. The zero-order valence-corrected chi connectivity index (χ0v) is 8.29. The van der Waals surface area contributed by atoms with Crippen molar-refractivity contribution in [2.45, 2.75) is 0 Å². The Labute approximate surface area is 75.3 Å². The van der Waals surface area contributed by atoms with Crippen LogP contribution in [-0.2, 0) is 32.7 Å². The Morgan fingerprint density at radius 3 is 1.71 bits per heavy atom. The van der Waals surface area contributed by atoms with Crippen LogP contribution in [0.25, 0.3) is 0 Å². The smallest absolute Gasteiger partial charge is 0.00404 e. The monoisotopic (exact) mass is 191 g/mol. The van der Waals surface area contributed by atoms with Crippen molar-refractivity contribution in [3.8, 4) is 0 Å². The number of hydrogen-bond acceptors (Lipinski definition) is 1. The zero-order valence-electron chi connectivity index (χ0n) is 4.64. The molecule has 0 N–H and O–H groups in total. The van der Waals surface area contributed by atoms with E-state index in [2.05, 4.69) is 19.1 Å². The molecule has 0 bridgehead atoms. The van der Waals surface area contributed by atoms with Gasteiger partial charge in [0.25, 0.3) is 0 Å². The molecule has 0 unspecified atom stereocenters. The number of nitrogens with zero attached hydrogens (tertiary/aromatic N) is 1. The summed E-state index contributed by atoms with van der Waals surface area (Å²) in [6, 6.07) is 0. The molecule has 7 heavy (non-hydrogen) atoms. The average Bonchev–Trinajstić information content (AvgIpc) is 1.36. The van der Waals surface area contributed by atoms with Gasteiger partial charge in [-0.15, -0.1) is 12.2 Å². The van der Waals surface area contributed by atoms with Crippen molar-refractivity contribution in [3.05, 3.63) is 6.92 Å². The van der Waals surface area contributed by atoms with Crippen LogP contribution in [0.3, 0.4) is 0 Å². The molecule has 0 heterocycles. The molecular weight excluding hydrogens is 183 g/mol. The Morgan fingerprint density at radius 2 is 1.71 bits per heavy atom. The second-order valence-corrected chi connectivity index (χ2v) is 1.76. The standard InChI is InChI=1S/C4H8NS.Y/c1-4(6)5(2)3;/h1H2,2-3H3;/q-1;. The van der Waals surface area contributed by atoms with Crippen LogP contribution >= 0.6 is 12.2 Å². The number of thiocarbonyl (C=S) groups is 1. The van der Waals surface area contributed by atoms with E-state index in [1.165, 1.54) is 0 Å². The maximum absolute atomic E-state index is 4.63. The van der Waals surface area contributed by atoms with E-state index in [0.29, 0.717) is 4.99 Å². The third-order valence-corrected chi connectivity index (χ3v) is 0.864. The molecule has 0 rings (SSSR count).